The van der Waals surface area contributed by atoms with Crippen LogP contribution < -0.4 is 15.6 Å². The Hall–Kier alpha value is -3.53. The summed E-state index contributed by atoms with van der Waals surface area (Å²) in [5.74, 6) is 0.296. The van der Waals surface area contributed by atoms with Gasteiger partial charge in [0.05, 0.1) is 6.61 Å². The number of aliphatic hydroxyl groups is 1. The molecule has 1 aliphatic rings. The van der Waals surface area contributed by atoms with Gasteiger partial charge in [-0.2, -0.15) is 0 Å². The SMILES string of the molecule is C=CC[C@]1(C(=O)NNCCc2ccccc2F)N=C(c2ccc(OCCCO)cc2)O[C@H]1c1ccccc1Br. The van der Waals surface area contributed by atoms with Gasteiger partial charge in [0, 0.05) is 41.6 Å². The van der Waals surface area contributed by atoms with Crippen LogP contribution in [0.25, 0.3) is 0 Å². The molecule has 3 N–H and O–H groups in total. The molecule has 0 bridgehead atoms. The Morgan fingerprint density at radius 2 is 1.90 bits per heavy atom. The van der Waals surface area contributed by atoms with Gasteiger partial charge < -0.3 is 14.6 Å². The zero-order valence-corrected chi connectivity index (χ0v) is 23.0. The lowest BCUT2D eigenvalue weighted by Gasteiger charge is -2.30. The van der Waals surface area contributed by atoms with Crippen LogP contribution in [0.15, 0.2) is 94.9 Å². The molecule has 0 fully saturated rings. The quantitative estimate of drug-likeness (QED) is 0.146. The number of nitrogens with zero attached hydrogens (tertiary/aromatic N) is 1. The van der Waals surface area contributed by atoms with E-state index in [1.807, 2.05) is 36.4 Å². The highest BCUT2D eigenvalue weighted by atomic mass is 79.9. The van der Waals surface area contributed by atoms with Crippen molar-refractivity contribution in [2.24, 2.45) is 4.99 Å². The van der Waals surface area contributed by atoms with E-state index >= 15 is 0 Å². The van der Waals surface area contributed by atoms with Crippen molar-refractivity contribution in [1.29, 1.82) is 0 Å². The number of aliphatic imine (C=N–C) groups is 1. The summed E-state index contributed by atoms with van der Waals surface area (Å²) in [5.41, 5.74) is 6.35. The summed E-state index contributed by atoms with van der Waals surface area (Å²) in [6.45, 7) is 4.67. The lowest BCUT2D eigenvalue weighted by Crippen LogP contribution is -2.52. The van der Waals surface area contributed by atoms with Crippen LogP contribution >= 0.6 is 15.9 Å². The summed E-state index contributed by atoms with van der Waals surface area (Å²) in [5, 5.41) is 8.96. The molecule has 1 heterocycles. The first-order valence-corrected chi connectivity index (χ1v) is 13.5. The highest BCUT2D eigenvalue weighted by Crippen LogP contribution is 2.44. The maximum atomic E-state index is 14.0. The van der Waals surface area contributed by atoms with Crippen LogP contribution in [0.5, 0.6) is 5.75 Å². The largest absolute Gasteiger partial charge is 0.494 e. The molecule has 0 spiro atoms. The lowest BCUT2D eigenvalue weighted by atomic mass is 9.84. The van der Waals surface area contributed by atoms with E-state index in [-0.39, 0.29) is 18.8 Å². The summed E-state index contributed by atoms with van der Waals surface area (Å²) in [6, 6.07) is 21.3. The Morgan fingerprint density at radius 1 is 1.15 bits per heavy atom. The molecule has 2 atom stereocenters. The van der Waals surface area contributed by atoms with Gasteiger partial charge >= 0.3 is 0 Å². The first-order valence-electron chi connectivity index (χ1n) is 12.7. The van der Waals surface area contributed by atoms with Gasteiger partial charge in [-0.15, -0.1) is 6.58 Å². The molecule has 0 saturated carbocycles. The Balaban J connectivity index is 1.58. The number of benzene rings is 3. The molecule has 3 aromatic rings. The Bertz CT molecular complexity index is 1320. The molecule has 204 valence electrons. The molecule has 3 aromatic carbocycles. The monoisotopic (exact) mass is 595 g/mol. The maximum Gasteiger partial charge on any atom is 0.266 e. The minimum absolute atomic E-state index is 0.0601. The van der Waals surface area contributed by atoms with Crippen LogP contribution in [0.1, 0.15) is 35.6 Å². The van der Waals surface area contributed by atoms with Gasteiger partial charge in [-0.1, -0.05) is 58.4 Å². The summed E-state index contributed by atoms with van der Waals surface area (Å²) in [7, 11) is 0. The molecule has 0 unspecified atom stereocenters. The molecular weight excluding hydrogens is 565 g/mol. The number of ether oxygens (including phenoxy) is 2. The zero-order chi connectivity index (χ0) is 27.7. The average Bonchev–Trinajstić information content (AvgIpc) is 3.33. The van der Waals surface area contributed by atoms with E-state index in [1.54, 1.807) is 36.4 Å². The lowest BCUT2D eigenvalue weighted by molar-refractivity contribution is -0.129. The van der Waals surface area contributed by atoms with Gasteiger partial charge in [-0.25, -0.2) is 14.8 Å². The molecule has 1 aliphatic heterocycles. The fourth-order valence-corrected chi connectivity index (χ4v) is 4.84. The van der Waals surface area contributed by atoms with E-state index in [1.165, 1.54) is 6.07 Å². The molecule has 0 aromatic heterocycles. The number of hydrogen-bond acceptors (Lipinski definition) is 6. The highest BCUT2D eigenvalue weighted by Gasteiger charge is 2.53. The molecule has 7 nitrogen and oxygen atoms in total. The molecular formula is C30H31BrFN3O4. The summed E-state index contributed by atoms with van der Waals surface area (Å²) in [4.78, 5) is 18.6. The van der Waals surface area contributed by atoms with Crippen molar-refractivity contribution in [3.8, 4) is 5.75 Å². The summed E-state index contributed by atoms with van der Waals surface area (Å²) in [6.07, 6.45) is 2.06. The van der Waals surface area contributed by atoms with Gasteiger partial charge in [0.15, 0.2) is 11.6 Å². The number of carbonyl (C=O) groups excluding carboxylic acids is 1. The van der Waals surface area contributed by atoms with E-state index in [0.29, 0.717) is 48.8 Å². The number of aliphatic hydroxyl groups excluding tert-OH is 1. The first-order chi connectivity index (χ1) is 19.0. The minimum atomic E-state index is -1.34. The third-order valence-electron chi connectivity index (χ3n) is 6.35. The molecule has 4 rings (SSSR count). The molecule has 0 aliphatic carbocycles. The van der Waals surface area contributed by atoms with E-state index in [0.717, 1.165) is 10.0 Å². The van der Waals surface area contributed by atoms with Gasteiger partial charge in [-0.05, 0) is 48.4 Å². The van der Waals surface area contributed by atoms with E-state index in [9.17, 15) is 9.18 Å². The Kier molecular flexibility index (Phi) is 9.86. The van der Waals surface area contributed by atoms with Gasteiger partial charge in [0.2, 0.25) is 5.90 Å². The van der Waals surface area contributed by atoms with Crippen LogP contribution in [0.4, 0.5) is 4.39 Å². The Morgan fingerprint density at radius 3 is 2.62 bits per heavy atom. The molecule has 1 amide bonds. The maximum absolute atomic E-state index is 14.0. The number of halogens is 2. The van der Waals surface area contributed by atoms with Crippen molar-refractivity contribution in [2.45, 2.75) is 30.9 Å². The number of amides is 1. The third-order valence-corrected chi connectivity index (χ3v) is 7.07. The van der Waals surface area contributed by atoms with Crippen LogP contribution in [-0.4, -0.2) is 42.2 Å². The third kappa shape index (κ3) is 6.73. The summed E-state index contributed by atoms with van der Waals surface area (Å²) < 4.78 is 26.8. The zero-order valence-electron chi connectivity index (χ0n) is 21.4. The number of hydrazine groups is 1. The van der Waals surface area contributed by atoms with Crippen LogP contribution in [0.3, 0.4) is 0 Å². The molecule has 9 heteroatoms. The predicted molar refractivity (Wildman–Crippen MR) is 152 cm³/mol. The average molecular weight is 596 g/mol. The van der Waals surface area contributed by atoms with Crippen molar-refractivity contribution in [3.63, 3.8) is 0 Å². The van der Waals surface area contributed by atoms with E-state index in [2.05, 4.69) is 33.4 Å². The second-order valence-corrected chi connectivity index (χ2v) is 9.88. The number of rotatable bonds is 13. The molecule has 39 heavy (non-hydrogen) atoms. The normalized spacial score (nSPS) is 18.2. The molecule has 0 saturated heterocycles. The Labute approximate surface area is 235 Å². The van der Waals surface area contributed by atoms with Gasteiger partial charge in [-0.3, -0.25) is 10.2 Å². The van der Waals surface area contributed by atoms with Crippen molar-refractivity contribution in [2.75, 3.05) is 19.8 Å². The van der Waals surface area contributed by atoms with Crippen molar-refractivity contribution >= 4 is 27.7 Å². The highest BCUT2D eigenvalue weighted by molar-refractivity contribution is 9.10. The fourth-order valence-electron chi connectivity index (χ4n) is 4.35. The molecule has 0 radical (unpaired) electrons. The number of carbonyl (C=O) groups is 1. The van der Waals surface area contributed by atoms with Crippen LogP contribution in [-0.2, 0) is 16.0 Å². The van der Waals surface area contributed by atoms with Gasteiger partial charge in [0.25, 0.3) is 5.91 Å². The number of nitrogens with one attached hydrogen (secondary N) is 2. The van der Waals surface area contributed by atoms with Crippen molar-refractivity contribution < 1.29 is 23.8 Å². The van der Waals surface area contributed by atoms with E-state index < -0.39 is 17.6 Å². The fraction of sp³-hybridized carbons (Fsp3) is 0.267. The van der Waals surface area contributed by atoms with Crippen molar-refractivity contribution in [1.82, 2.24) is 10.9 Å². The second-order valence-electron chi connectivity index (χ2n) is 9.03. The van der Waals surface area contributed by atoms with Gasteiger partial charge in [0.1, 0.15) is 11.6 Å². The standard InChI is InChI=1S/C30H31BrFN3O4/c1-2-17-30(29(37)35-33-18-16-21-8-3-6-11-26(21)32)27(24-9-4-5-10-25(24)31)39-28(34-30)22-12-14-23(15-13-22)38-20-7-19-36/h2-6,8-15,27,33,36H,1,7,16-20H2,(H,35,37)/t27-,30-/m0/s1. The minimum Gasteiger partial charge on any atom is -0.494 e. The summed E-state index contributed by atoms with van der Waals surface area (Å²) >= 11 is 3.60. The van der Waals surface area contributed by atoms with Crippen LogP contribution in [0, 0.1) is 5.82 Å². The van der Waals surface area contributed by atoms with Crippen molar-refractivity contribution in [3.05, 3.63) is 112 Å². The first kappa shape index (κ1) is 28.5. The smallest absolute Gasteiger partial charge is 0.266 e. The topological polar surface area (TPSA) is 92.2 Å². The predicted octanol–water partition coefficient (Wildman–Crippen LogP) is 5.05. The van der Waals surface area contributed by atoms with E-state index in [4.69, 9.17) is 19.6 Å². The second kappa shape index (κ2) is 13.5. The number of hydrogen-bond donors (Lipinski definition) is 3. The van der Waals surface area contributed by atoms with Crippen LogP contribution in [0.2, 0.25) is 0 Å².